The smallest absolute Gasteiger partial charge is 0.324 e. The molecule has 0 bridgehead atoms. The van der Waals surface area contributed by atoms with E-state index in [2.05, 4.69) is 104 Å². The minimum Gasteiger partial charge on any atom is -0.415 e. The Bertz CT molecular complexity index is 2010. The quantitative estimate of drug-likeness (QED) is 0.0324. The van der Waals surface area contributed by atoms with Crippen molar-refractivity contribution in [3.05, 3.63) is 0 Å². The first-order valence-corrected chi connectivity index (χ1v) is 53.0. The zero-order valence-corrected chi connectivity index (χ0v) is 71.3. The summed E-state index contributed by atoms with van der Waals surface area (Å²) in [6.45, 7) is 49.1. The van der Waals surface area contributed by atoms with Crippen molar-refractivity contribution in [1.29, 1.82) is 0 Å². The molecule has 20 heteroatoms. The van der Waals surface area contributed by atoms with Gasteiger partial charge in [-0.2, -0.15) is 0 Å². The topological polar surface area (TPSA) is 155 Å². The summed E-state index contributed by atoms with van der Waals surface area (Å²) in [6.07, 6.45) is 23.0. The van der Waals surface area contributed by atoms with Gasteiger partial charge < -0.3 is 67.9 Å². The maximum atomic E-state index is 9.99. The molecule has 20 atom stereocenters. The van der Waals surface area contributed by atoms with Gasteiger partial charge in [0.2, 0.25) is 0 Å². The number of ether oxygens (including phenoxy) is 10. The van der Waals surface area contributed by atoms with Crippen molar-refractivity contribution in [3.8, 4) is 0 Å². The summed E-state index contributed by atoms with van der Waals surface area (Å²) in [5.74, 6) is 6.89. The molecule has 0 aromatic heterocycles. The van der Waals surface area contributed by atoms with Crippen LogP contribution in [0.2, 0.25) is 57.9 Å². The number of hydrogen-bond acceptors (Lipinski definition) is 15. The first-order chi connectivity index (χ1) is 48.0. The Balaban J connectivity index is 1.27. The maximum absolute atomic E-state index is 9.99. The Morgan fingerprint density at radius 2 is 0.420 bits per heavy atom. The minimum atomic E-state index is -3.79. The largest absolute Gasteiger partial charge is 0.415 e. The average Bonchev–Trinajstić information content (AvgIpc) is 1.08. The van der Waals surface area contributed by atoms with Crippen LogP contribution in [0.5, 0.6) is 0 Å². The predicted octanol–water partition coefficient (Wildman–Crippen LogP) is 18.6. The van der Waals surface area contributed by atoms with Crippen LogP contribution in [0.3, 0.4) is 0 Å². The summed E-state index contributed by atoms with van der Waals surface area (Å²) in [5.41, 5.74) is 1.10. The highest BCUT2D eigenvalue weighted by Crippen LogP contribution is 2.64. The van der Waals surface area contributed by atoms with Crippen molar-refractivity contribution in [2.45, 2.75) is 321 Å². The lowest BCUT2D eigenvalue weighted by molar-refractivity contribution is 0.0909. The standard InChI is InChI=1S/C80H150O15Si5/c1-56(2)71-26-21-61(11)41-76(71)96(36-16-31-81-46-66-51-86-66)91-97(37-17-32-82-47-67-52-87-67,77-42-62(12)22-27-72(77)57(3)4)93-99(39-19-34-84-49-69-54-89-69,79-44-64(14)24-29-74(79)59(7)8)95-100(40-20-35-85-50-70-55-90-70,80-45-65(15)25-30-75(80)60(9)10)94-98(92-96,38-18-33-83-48-68-53-88-68)78-43-63(13)23-28-73(78)58(5)6/h56-80H,16-55H2,1-15H3. The molecule has 0 aromatic rings. The van der Waals surface area contributed by atoms with E-state index in [1.807, 2.05) is 0 Å². The van der Waals surface area contributed by atoms with Gasteiger partial charge in [0.05, 0.1) is 66.1 Å². The zero-order chi connectivity index (χ0) is 70.8. The van der Waals surface area contributed by atoms with E-state index < -0.39 is 42.8 Å². The van der Waals surface area contributed by atoms with Gasteiger partial charge in [-0.25, -0.2) is 0 Å². The van der Waals surface area contributed by atoms with Crippen LogP contribution in [0.4, 0.5) is 0 Å². The van der Waals surface area contributed by atoms with Gasteiger partial charge in [0.15, 0.2) is 0 Å². The van der Waals surface area contributed by atoms with Gasteiger partial charge in [-0.1, -0.05) is 136 Å². The number of epoxide rings is 5. The van der Waals surface area contributed by atoms with Gasteiger partial charge in [-0.3, -0.25) is 0 Å². The molecule has 0 radical (unpaired) electrons. The molecular formula is C80H150O15Si5. The van der Waals surface area contributed by atoms with Gasteiger partial charge in [0.1, 0.15) is 30.5 Å². The summed E-state index contributed by atoms with van der Waals surface area (Å²) in [4.78, 5) is 0. The molecule has 5 saturated carbocycles. The SMILES string of the molecule is CC1CCC(C(C)C)C([Si]2(CCCOCC3CO3)O[Si](CCCOCC3CO3)(C3CC(C)CCC3C(C)C)O[Si](CCCOCC3CO3)(C3CC(C)CCC3C(C)C)O[Si](CCCOCC3CO3)(C3CC(C)CCC3C(C)C)O[Si](CCCOCC3CO3)(C3CC(C)CCC3C(C)C)O2)C1. The first kappa shape index (κ1) is 81.5. The van der Waals surface area contributed by atoms with Crippen molar-refractivity contribution < 1.29 is 67.9 Å². The molecule has 15 nitrogen and oxygen atoms in total. The van der Waals surface area contributed by atoms with E-state index in [9.17, 15) is 20.6 Å². The van der Waals surface area contributed by atoms with E-state index >= 15 is 0 Å². The van der Waals surface area contributed by atoms with Crippen LogP contribution in [0.15, 0.2) is 0 Å². The summed E-state index contributed by atoms with van der Waals surface area (Å²) >= 11 is 0. The molecule has 6 aliphatic heterocycles. The minimum absolute atomic E-state index is 0.189. The molecule has 0 N–H and O–H groups in total. The lowest BCUT2D eigenvalue weighted by atomic mass is 9.77. The van der Waals surface area contributed by atoms with Crippen LogP contribution in [0.25, 0.3) is 0 Å². The van der Waals surface area contributed by atoms with Gasteiger partial charge >= 0.3 is 42.8 Å². The normalized spacial score (nSPS) is 43.2. The van der Waals surface area contributed by atoms with Crippen molar-refractivity contribution in [2.24, 2.45) is 88.8 Å². The van der Waals surface area contributed by atoms with E-state index in [1.165, 1.54) is 64.2 Å². The van der Waals surface area contributed by atoms with Crippen LogP contribution in [0.1, 0.15) is 232 Å². The predicted molar refractivity (Wildman–Crippen MR) is 410 cm³/mol. The van der Waals surface area contributed by atoms with Crippen LogP contribution in [-0.2, 0) is 67.9 Å². The average molecular weight is 1490 g/mol. The highest BCUT2D eigenvalue weighted by atomic mass is 28.5. The van der Waals surface area contributed by atoms with E-state index in [0.717, 1.165) is 127 Å². The summed E-state index contributed by atoms with van der Waals surface area (Å²) < 4.78 is 114. The highest BCUT2D eigenvalue weighted by Gasteiger charge is 2.72. The lowest BCUT2D eigenvalue weighted by Gasteiger charge is -2.63. The van der Waals surface area contributed by atoms with E-state index in [4.69, 9.17) is 47.4 Å². The third kappa shape index (κ3) is 22.2. The molecular weight excluding hydrogens is 1340 g/mol. The number of hydrogen-bond donors (Lipinski definition) is 0. The Morgan fingerprint density at radius 1 is 0.260 bits per heavy atom. The molecule has 11 rings (SSSR count). The van der Waals surface area contributed by atoms with Crippen molar-refractivity contribution >= 4 is 42.8 Å². The Hall–Kier alpha value is 0.484. The molecule has 0 spiro atoms. The van der Waals surface area contributed by atoms with Crippen molar-refractivity contribution in [1.82, 2.24) is 0 Å². The monoisotopic (exact) mass is 1490 g/mol. The van der Waals surface area contributed by atoms with Gasteiger partial charge in [-0.05, 0) is 215 Å². The van der Waals surface area contributed by atoms with Gasteiger partial charge in [0, 0.05) is 60.7 Å². The highest BCUT2D eigenvalue weighted by molar-refractivity contribution is 6.97. The summed E-state index contributed by atoms with van der Waals surface area (Å²) in [7, 11) is -18.9. The van der Waals surface area contributed by atoms with Gasteiger partial charge in [-0.15, -0.1) is 0 Å². The third-order valence-corrected chi connectivity index (χ3v) is 55.3. The molecule has 0 amide bonds. The molecule has 20 unspecified atom stereocenters. The lowest BCUT2D eigenvalue weighted by Crippen LogP contribution is -2.76. The third-order valence-electron chi connectivity index (χ3n) is 27.3. The summed E-state index contributed by atoms with van der Waals surface area (Å²) in [6, 6.07) is 4.33. The zero-order valence-electron chi connectivity index (χ0n) is 66.3. The Morgan fingerprint density at radius 3 is 0.560 bits per heavy atom. The van der Waals surface area contributed by atoms with Crippen LogP contribution in [-0.4, -0.2) is 172 Å². The second-order valence-corrected chi connectivity index (χ2v) is 55.8. The number of rotatable bonds is 40. The van der Waals surface area contributed by atoms with Crippen LogP contribution >= 0.6 is 0 Å². The fourth-order valence-electron chi connectivity index (χ4n) is 21.3. The van der Waals surface area contributed by atoms with Crippen LogP contribution < -0.4 is 0 Å². The second-order valence-electron chi connectivity index (χ2n) is 37.4. The molecule has 6 saturated heterocycles. The molecule has 11 fully saturated rings. The van der Waals surface area contributed by atoms with E-state index in [-0.39, 0.29) is 58.2 Å². The molecule has 6 heterocycles. The fourth-order valence-corrected chi connectivity index (χ4v) is 60.7. The van der Waals surface area contributed by atoms with E-state index in [1.54, 1.807) is 0 Å². The van der Waals surface area contributed by atoms with Gasteiger partial charge in [0.25, 0.3) is 0 Å². The van der Waals surface area contributed by atoms with Crippen molar-refractivity contribution in [2.75, 3.05) is 99.1 Å². The second kappa shape index (κ2) is 37.5. The molecule has 11 aliphatic rings. The molecule has 5 aliphatic carbocycles. The van der Waals surface area contributed by atoms with E-state index in [0.29, 0.717) is 155 Å². The fraction of sp³-hybridized carbons (Fsp3) is 1.00. The first-order valence-electron chi connectivity index (χ1n) is 42.5. The summed E-state index contributed by atoms with van der Waals surface area (Å²) in [5, 5.41) is 0. The van der Waals surface area contributed by atoms with Crippen LogP contribution in [0, 0.1) is 88.8 Å². The van der Waals surface area contributed by atoms with Crippen molar-refractivity contribution in [3.63, 3.8) is 0 Å². The maximum Gasteiger partial charge on any atom is 0.324 e. The molecule has 100 heavy (non-hydrogen) atoms. The molecule has 580 valence electrons. The Labute approximate surface area is 615 Å². The Kier molecular flexibility index (Phi) is 30.5. The molecule has 0 aromatic carbocycles.